The van der Waals surface area contributed by atoms with E-state index in [0.29, 0.717) is 10.6 Å². The Hall–Kier alpha value is -1.19. The Kier molecular flexibility index (Phi) is 2.61. The predicted octanol–water partition coefficient (Wildman–Crippen LogP) is 3.28. The maximum atomic E-state index is 10.7. The molecule has 0 aliphatic carbocycles. The van der Waals surface area contributed by atoms with Gasteiger partial charge in [-0.1, -0.05) is 23.7 Å². The van der Waals surface area contributed by atoms with Gasteiger partial charge in [-0.2, -0.15) is 4.37 Å². The van der Waals surface area contributed by atoms with E-state index in [1.165, 1.54) is 11.5 Å². The summed E-state index contributed by atoms with van der Waals surface area (Å²) in [6.07, 6.45) is 2.38. The van der Waals surface area contributed by atoms with E-state index in [1.807, 2.05) is 12.1 Å². The van der Waals surface area contributed by atoms with E-state index in [2.05, 4.69) is 4.37 Å². The van der Waals surface area contributed by atoms with Crippen LogP contribution < -0.4 is 0 Å². The lowest BCUT2D eigenvalue weighted by Crippen LogP contribution is -1.79. The van der Waals surface area contributed by atoms with Gasteiger partial charge in [0.2, 0.25) is 0 Å². The van der Waals surface area contributed by atoms with E-state index < -0.39 is 0 Å². The molecule has 0 aliphatic heterocycles. The normalized spacial score (nSPS) is 10.1. The Bertz CT molecular complexity index is 449. The number of benzene rings is 1. The predicted molar refractivity (Wildman–Crippen MR) is 57.9 cm³/mol. The molecule has 0 aliphatic rings. The average molecular weight is 224 g/mol. The first-order valence-corrected chi connectivity index (χ1v) is 5.12. The number of halogens is 1. The molecule has 0 N–H and O–H groups in total. The van der Waals surface area contributed by atoms with Crippen molar-refractivity contribution in [1.82, 2.24) is 4.37 Å². The molecule has 0 spiro atoms. The van der Waals surface area contributed by atoms with Crippen LogP contribution in [0, 0.1) is 0 Å². The van der Waals surface area contributed by atoms with Gasteiger partial charge in [-0.05, 0) is 29.2 Å². The summed E-state index contributed by atoms with van der Waals surface area (Å²) in [4.78, 5) is 11.6. The fourth-order valence-electron chi connectivity index (χ4n) is 1.15. The third kappa shape index (κ3) is 1.69. The Balaban J connectivity index is 2.49. The third-order valence-electron chi connectivity index (χ3n) is 1.83. The summed E-state index contributed by atoms with van der Waals surface area (Å²) in [6, 6.07) is 7.35. The van der Waals surface area contributed by atoms with E-state index in [0.717, 1.165) is 16.7 Å². The van der Waals surface area contributed by atoms with Gasteiger partial charge in [-0.15, -0.1) is 0 Å². The van der Waals surface area contributed by atoms with Crippen molar-refractivity contribution in [1.29, 1.82) is 0 Å². The standard InChI is InChI=1S/C10H6ClNOS/c11-9-3-1-7(2-4-9)10-8(6-13)5-12-14-10/h1-6H. The molecule has 2 rings (SSSR count). The van der Waals surface area contributed by atoms with E-state index in [4.69, 9.17) is 11.6 Å². The van der Waals surface area contributed by atoms with Gasteiger partial charge in [0.1, 0.15) is 0 Å². The Morgan fingerprint density at radius 3 is 2.64 bits per heavy atom. The van der Waals surface area contributed by atoms with Crippen molar-refractivity contribution in [3.8, 4) is 10.4 Å². The van der Waals surface area contributed by atoms with Crippen LogP contribution in [0.3, 0.4) is 0 Å². The smallest absolute Gasteiger partial charge is 0.153 e. The van der Waals surface area contributed by atoms with E-state index in [9.17, 15) is 4.79 Å². The van der Waals surface area contributed by atoms with Gasteiger partial charge >= 0.3 is 0 Å². The molecule has 4 heteroatoms. The van der Waals surface area contributed by atoms with Crippen molar-refractivity contribution in [2.45, 2.75) is 0 Å². The monoisotopic (exact) mass is 223 g/mol. The Labute approximate surface area is 90.3 Å². The number of aldehydes is 1. The zero-order valence-corrected chi connectivity index (χ0v) is 8.68. The molecule has 1 aromatic carbocycles. The Morgan fingerprint density at radius 1 is 1.29 bits per heavy atom. The minimum Gasteiger partial charge on any atom is -0.298 e. The maximum Gasteiger partial charge on any atom is 0.153 e. The van der Waals surface area contributed by atoms with E-state index in [1.54, 1.807) is 18.3 Å². The second-order valence-corrected chi connectivity index (χ2v) is 3.97. The molecule has 0 unspecified atom stereocenters. The first-order chi connectivity index (χ1) is 6.81. The number of aromatic nitrogens is 1. The van der Waals surface area contributed by atoms with Gasteiger partial charge in [-0.25, -0.2) is 0 Å². The molecule has 1 heterocycles. The number of nitrogens with zero attached hydrogens (tertiary/aromatic N) is 1. The molecule has 0 atom stereocenters. The molecule has 0 saturated heterocycles. The van der Waals surface area contributed by atoms with Crippen LogP contribution in [0.15, 0.2) is 30.5 Å². The van der Waals surface area contributed by atoms with Gasteiger partial charge in [0.25, 0.3) is 0 Å². The minimum atomic E-state index is 0.623. The topological polar surface area (TPSA) is 30.0 Å². The van der Waals surface area contributed by atoms with Gasteiger partial charge < -0.3 is 0 Å². The van der Waals surface area contributed by atoms with Gasteiger partial charge in [0.05, 0.1) is 16.6 Å². The van der Waals surface area contributed by atoms with Crippen LogP contribution >= 0.6 is 23.1 Å². The van der Waals surface area contributed by atoms with Crippen LogP contribution in [0.1, 0.15) is 10.4 Å². The quantitative estimate of drug-likeness (QED) is 0.732. The summed E-state index contributed by atoms with van der Waals surface area (Å²) >= 11 is 7.07. The maximum absolute atomic E-state index is 10.7. The van der Waals surface area contributed by atoms with Gasteiger partial charge in [-0.3, -0.25) is 4.79 Å². The molecule has 0 bridgehead atoms. The highest BCUT2D eigenvalue weighted by molar-refractivity contribution is 7.10. The summed E-state index contributed by atoms with van der Waals surface area (Å²) < 4.78 is 3.97. The molecular weight excluding hydrogens is 218 g/mol. The van der Waals surface area contributed by atoms with Crippen molar-refractivity contribution in [2.75, 3.05) is 0 Å². The number of carbonyl (C=O) groups excluding carboxylic acids is 1. The molecule has 0 amide bonds. The minimum absolute atomic E-state index is 0.623. The molecule has 1 aromatic heterocycles. The zero-order valence-electron chi connectivity index (χ0n) is 7.11. The summed E-state index contributed by atoms with van der Waals surface area (Å²) in [5.41, 5.74) is 1.59. The van der Waals surface area contributed by atoms with Crippen LogP contribution in [-0.4, -0.2) is 10.7 Å². The summed E-state index contributed by atoms with van der Waals surface area (Å²) in [6.45, 7) is 0. The van der Waals surface area contributed by atoms with Crippen LogP contribution in [0.5, 0.6) is 0 Å². The summed E-state index contributed by atoms with van der Waals surface area (Å²) in [5, 5.41) is 0.686. The lowest BCUT2D eigenvalue weighted by molar-refractivity contribution is 0.112. The van der Waals surface area contributed by atoms with Gasteiger partial charge in [0.15, 0.2) is 6.29 Å². The second-order valence-electron chi connectivity index (χ2n) is 2.74. The highest BCUT2D eigenvalue weighted by Crippen LogP contribution is 2.27. The van der Waals surface area contributed by atoms with Crippen LogP contribution in [0.25, 0.3) is 10.4 Å². The summed E-state index contributed by atoms with van der Waals surface area (Å²) in [5.74, 6) is 0. The van der Waals surface area contributed by atoms with E-state index >= 15 is 0 Å². The van der Waals surface area contributed by atoms with E-state index in [-0.39, 0.29) is 0 Å². The van der Waals surface area contributed by atoms with Crippen LogP contribution in [0.2, 0.25) is 5.02 Å². The molecule has 2 aromatic rings. The van der Waals surface area contributed by atoms with Crippen molar-refractivity contribution < 1.29 is 4.79 Å². The molecule has 14 heavy (non-hydrogen) atoms. The molecule has 0 fully saturated rings. The SMILES string of the molecule is O=Cc1cnsc1-c1ccc(Cl)cc1. The first-order valence-electron chi connectivity index (χ1n) is 3.97. The van der Waals surface area contributed by atoms with Crippen LogP contribution in [-0.2, 0) is 0 Å². The largest absolute Gasteiger partial charge is 0.298 e. The number of rotatable bonds is 2. The molecular formula is C10H6ClNOS. The number of carbonyl (C=O) groups is 1. The highest BCUT2D eigenvalue weighted by atomic mass is 35.5. The lowest BCUT2D eigenvalue weighted by atomic mass is 10.1. The Morgan fingerprint density at radius 2 is 2.00 bits per heavy atom. The number of hydrogen-bond acceptors (Lipinski definition) is 3. The van der Waals surface area contributed by atoms with Crippen molar-refractivity contribution in [3.63, 3.8) is 0 Å². The second kappa shape index (κ2) is 3.90. The zero-order chi connectivity index (χ0) is 9.97. The summed E-state index contributed by atoms with van der Waals surface area (Å²) in [7, 11) is 0. The highest BCUT2D eigenvalue weighted by Gasteiger charge is 2.06. The number of hydrogen-bond donors (Lipinski definition) is 0. The van der Waals surface area contributed by atoms with Gasteiger partial charge in [0, 0.05) is 5.02 Å². The van der Waals surface area contributed by atoms with Crippen LogP contribution in [0.4, 0.5) is 0 Å². The van der Waals surface area contributed by atoms with Crippen molar-refractivity contribution in [3.05, 3.63) is 41.0 Å². The molecule has 0 radical (unpaired) electrons. The molecule has 0 saturated carbocycles. The lowest BCUT2D eigenvalue weighted by Gasteiger charge is -1.97. The van der Waals surface area contributed by atoms with Crippen molar-refractivity contribution in [2.24, 2.45) is 0 Å². The molecule has 2 nitrogen and oxygen atoms in total. The van der Waals surface area contributed by atoms with Crippen molar-refractivity contribution >= 4 is 29.4 Å². The molecule has 70 valence electrons. The third-order valence-corrected chi connectivity index (χ3v) is 2.95. The fraction of sp³-hybridized carbons (Fsp3) is 0. The first kappa shape index (κ1) is 9.37. The fourth-order valence-corrected chi connectivity index (χ4v) is 2.00. The average Bonchev–Trinajstić information content (AvgIpc) is 2.67.